The molecule has 5 fully saturated rings. The molecule has 0 spiro atoms. The van der Waals surface area contributed by atoms with E-state index in [9.17, 15) is 97.8 Å². The highest BCUT2D eigenvalue weighted by atomic mass is 32.3. The van der Waals surface area contributed by atoms with E-state index in [0.29, 0.717) is 0 Å². The SMILES string of the molecule is CC1(C)OS(=O)(=O)C(C)(C)S(=O)(=O)O1.CC1(C)OS(=O)(=O)CS(=O)(=O)O1.CC1(C)S(=O)(=O)OCOS1(=O)=O.O=C1OS(=O)(=O)CS(=O)(=O)O1.O=S1(=O)OCOS(=O)(=O)C1(F)F. The summed E-state index contributed by atoms with van der Waals surface area (Å²) in [7, 11) is -44.0. The van der Waals surface area contributed by atoms with E-state index in [1.54, 1.807) is 0 Å². The van der Waals surface area contributed by atoms with Crippen LogP contribution in [0.15, 0.2) is 0 Å². The molecule has 5 aliphatic rings. The Morgan fingerprint density at radius 1 is 0.377 bits per heavy atom. The average Bonchev–Trinajstić information content (AvgIpc) is 2.90. The second-order valence-corrected chi connectivity index (χ2v) is 32.3. The van der Waals surface area contributed by atoms with Gasteiger partial charge >= 0.3 is 51.2 Å². The summed E-state index contributed by atoms with van der Waals surface area (Å²) in [6.07, 6.45) is -1.74. The minimum atomic E-state index is -5.41. The van der Waals surface area contributed by atoms with Crippen molar-refractivity contribution in [2.45, 2.75) is 79.7 Å². The van der Waals surface area contributed by atoms with Gasteiger partial charge in [-0.15, -0.1) is 0 Å². The first-order valence-electron chi connectivity index (χ1n) is 14.3. The summed E-state index contributed by atoms with van der Waals surface area (Å²) in [6, 6.07) is 0. The van der Waals surface area contributed by atoms with Crippen molar-refractivity contribution in [3.8, 4) is 0 Å². The highest BCUT2D eigenvalue weighted by Gasteiger charge is 2.63. The van der Waals surface area contributed by atoms with Crippen molar-refractivity contribution in [2.24, 2.45) is 0 Å². The molecule has 0 aromatic rings. The predicted molar refractivity (Wildman–Crippen MR) is 186 cm³/mol. The molecule has 5 saturated heterocycles. The Morgan fingerprint density at radius 2 is 0.623 bits per heavy atom. The van der Waals surface area contributed by atoms with E-state index in [4.69, 9.17) is 0 Å². The van der Waals surface area contributed by atoms with Gasteiger partial charge in [-0.25, -0.2) is 38.3 Å². The Hall–Kier alpha value is -1.69. The Labute approximate surface area is 348 Å². The average molecular weight is 1100 g/mol. The Kier molecular flexibility index (Phi) is 16.2. The standard InChI is InChI=1S/C6H12O6S2.2C4H8O6S2.C2H2F2O6S2.C2H2O7S2/c1-5(2)11-13(7,8)6(3,4)14(9,10)12-5;1-4(2)9-11(5,6)3-12(7,8)10-4;1-4(2)11(5,6)9-3-10-12(4,7)8;3-2(4)11(5,6)9-1-10-12(2,7)8;3-2-8-10(4,5)1-11(6,7)9-2/h1-4H3;2*3H2,1-2H3;1H2;1H2. The number of halogens is 2. The lowest BCUT2D eigenvalue weighted by Gasteiger charge is -2.36. The van der Waals surface area contributed by atoms with Crippen molar-refractivity contribution in [3.63, 3.8) is 0 Å². The van der Waals surface area contributed by atoms with Crippen LogP contribution in [0.3, 0.4) is 0 Å². The monoisotopic (exact) mass is 1100 g/mol. The van der Waals surface area contributed by atoms with Crippen molar-refractivity contribution >= 4 is 107 Å². The molecule has 0 amide bonds. The fourth-order valence-corrected chi connectivity index (χ4v) is 15.6. The first-order valence-corrected chi connectivity index (χ1v) is 29.1. The van der Waals surface area contributed by atoms with E-state index in [1.807, 2.05) is 0 Å². The highest BCUT2D eigenvalue weighted by molar-refractivity contribution is 8.07. The molecular weight excluding hydrogens is 1070 g/mol. The van der Waals surface area contributed by atoms with Crippen LogP contribution in [0.2, 0.25) is 0 Å². The lowest BCUT2D eigenvalue weighted by Crippen LogP contribution is -2.54. The molecule has 0 aromatic carbocycles. The molecular formula is C18H32F2O31S10. The predicted octanol–water partition coefficient (Wildman–Crippen LogP) is -3.09. The van der Waals surface area contributed by atoms with Crippen LogP contribution in [0.4, 0.5) is 13.6 Å². The molecule has 5 aliphatic heterocycles. The van der Waals surface area contributed by atoms with E-state index < -0.39 is 155 Å². The van der Waals surface area contributed by atoms with Crippen molar-refractivity contribution in [3.05, 3.63) is 0 Å². The van der Waals surface area contributed by atoms with Gasteiger partial charge in [0.1, 0.15) is 0 Å². The maximum absolute atomic E-state index is 12.3. The molecule has 0 bridgehead atoms. The molecule has 31 nitrogen and oxygen atoms in total. The zero-order valence-corrected chi connectivity index (χ0v) is 39.5. The molecule has 0 atom stereocenters. The van der Waals surface area contributed by atoms with E-state index in [0.717, 1.165) is 27.7 Å². The van der Waals surface area contributed by atoms with Crippen LogP contribution >= 0.6 is 0 Å². The maximum Gasteiger partial charge on any atom is 0.540 e. The number of carbonyl (C=O) groups excluding carboxylic acids is 1. The second-order valence-electron chi connectivity index (χ2n) is 12.7. The van der Waals surface area contributed by atoms with E-state index in [1.165, 1.54) is 27.7 Å². The fraction of sp³-hybridized carbons (Fsp3) is 0.944. The quantitative estimate of drug-likeness (QED) is 0.217. The lowest BCUT2D eigenvalue weighted by atomic mass is 10.4. The van der Waals surface area contributed by atoms with Crippen molar-refractivity contribution < 1.29 is 140 Å². The summed E-state index contributed by atoms with van der Waals surface area (Å²) in [5.41, 5.74) is 0. The molecule has 0 radical (unpaired) electrons. The van der Waals surface area contributed by atoms with Gasteiger partial charge in [-0.2, -0.15) is 93.0 Å². The van der Waals surface area contributed by atoms with Crippen LogP contribution in [-0.4, -0.2) is 138 Å². The molecule has 61 heavy (non-hydrogen) atoms. The van der Waals surface area contributed by atoms with Gasteiger partial charge in [0, 0.05) is 0 Å². The van der Waals surface area contributed by atoms with Crippen LogP contribution in [0.1, 0.15) is 55.4 Å². The molecule has 0 saturated carbocycles. The number of carbonyl (C=O) groups is 1. The van der Waals surface area contributed by atoms with Gasteiger partial charge in [-0.05, 0) is 55.4 Å². The second kappa shape index (κ2) is 17.3. The summed E-state index contributed by atoms with van der Waals surface area (Å²) in [4.78, 5) is 10.1. The minimum absolute atomic E-state index is 0.770. The minimum Gasteiger partial charge on any atom is -0.310 e. The van der Waals surface area contributed by atoms with Gasteiger partial charge in [-0.3, -0.25) is 0 Å². The zero-order chi connectivity index (χ0) is 49.0. The summed E-state index contributed by atoms with van der Waals surface area (Å²) in [5.74, 6) is -3.30. The number of alkyl halides is 2. The van der Waals surface area contributed by atoms with Gasteiger partial charge in [0.2, 0.25) is 18.3 Å². The van der Waals surface area contributed by atoms with Gasteiger partial charge in [0.15, 0.2) is 25.2 Å². The smallest absolute Gasteiger partial charge is 0.310 e. The number of rotatable bonds is 0. The topological polar surface area (TPSA) is 451 Å². The summed E-state index contributed by atoms with van der Waals surface area (Å²) in [6.45, 7) is 6.90. The maximum atomic E-state index is 12.3. The molecule has 5 rings (SSSR count). The first-order chi connectivity index (χ1) is 26.3. The first kappa shape index (κ1) is 57.3. The number of hydrogen-bond acceptors (Lipinski definition) is 31. The molecule has 0 N–H and O–H groups in total. The van der Waals surface area contributed by atoms with Crippen LogP contribution in [0.5, 0.6) is 0 Å². The fourth-order valence-electron chi connectivity index (χ4n) is 3.13. The third-order valence-corrected chi connectivity index (χ3v) is 25.3. The van der Waals surface area contributed by atoms with Gasteiger partial charge in [-0.1, -0.05) is 0 Å². The van der Waals surface area contributed by atoms with Crippen molar-refractivity contribution in [1.82, 2.24) is 0 Å². The van der Waals surface area contributed by atoms with Crippen molar-refractivity contribution in [2.75, 3.05) is 23.8 Å². The zero-order valence-electron chi connectivity index (χ0n) is 31.3. The van der Waals surface area contributed by atoms with Gasteiger partial charge in [0.25, 0.3) is 60.7 Å². The van der Waals surface area contributed by atoms with Crippen LogP contribution in [-0.2, 0) is 143 Å². The largest absolute Gasteiger partial charge is 0.540 e. The Bertz CT molecular complexity index is 2610. The van der Waals surface area contributed by atoms with Crippen LogP contribution < -0.4 is 0 Å². The Morgan fingerprint density at radius 3 is 0.869 bits per heavy atom. The van der Waals surface area contributed by atoms with Crippen molar-refractivity contribution in [1.29, 1.82) is 0 Å². The van der Waals surface area contributed by atoms with E-state index in [-0.39, 0.29) is 0 Å². The lowest BCUT2D eigenvalue weighted by molar-refractivity contribution is -0.0815. The van der Waals surface area contributed by atoms with E-state index >= 15 is 0 Å². The van der Waals surface area contributed by atoms with Gasteiger partial charge < -0.3 is 8.37 Å². The normalized spacial score (nSPS) is 30.6. The summed E-state index contributed by atoms with van der Waals surface area (Å²) < 4.78 is 272. The number of hydrogen-bond donors (Lipinski definition) is 0. The molecule has 0 aromatic heterocycles. The molecule has 43 heteroatoms. The Balaban J connectivity index is 0.000000382. The summed E-state index contributed by atoms with van der Waals surface area (Å²) >= 11 is 0. The van der Waals surface area contributed by atoms with Crippen LogP contribution in [0.25, 0.3) is 0 Å². The molecule has 364 valence electrons. The van der Waals surface area contributed by atoms with Crippen LogP contribution in [0, 0.1) is 0 Å². The molecule has 0 unspecified atom stereocenters. The highest BCUT2D eigenvalue weighted by Crippen LogP contribution is 2.38. The summed E-state index contributed by atoms with van der Waals surface area (Å²) in [5, 5.41) is -2.45. The molecule has 0 aliphatic carbocycles. The third-order valence-electron chi connectivity index (χ3n) is 6.05. The molecule has 5 heterocycles. The van der Waals surface area contributed by atoms with Gasteiger partial charge in [0.05, 0.1) is 0 Å². The third kappa shape index (κ3) is 14.1. The van der Waals surface area contributed by atoms with E-state index in [2.05, 4.69) is 41.8 Å².